The summed E-state index contributed by atoms with van der Waals surface area (Å²) in [6.07, 6.45) is -1.38. The first kappa shape index (κ1) is 20.2. The van der Waals surface area contributed by atoms with E-state index >= 15 is 0 Å². The van der Waals surface area contributed by atoms with Crippen LogP contribution in [0.4, 0.5) is 14.5 Å². The van der Waals surface area contributed by atoms with Crippen LogP contribution in [-0.2, 0) is 16.0 Å². The van der Waals surface area contributed by atoms with Gasteiger partial charge in [0.25, 0.3) is 12.0 Å². The lowest BCUT2D eigenvalue weighted by Gasteiger charge is -2.37. The summed E-state index contributed by atoms with van der Waals surface area (Å²) in [5.74, 6) is 0.407. The van der Waals surface area contributed by atoms with Gasteiger partial charge in [-0.3, -0.25) is 14.3 Å². The number of piperazine rings is 1. The average molecular weight is 408 g/mol. The molecule has 0 spiro atoms. The standard InChI is InChI=1S/C20H26F2N4O3/c21-19(22)11-26-14-23-18-9-16(1-2-17(18)20(26)27)25-5-3-24(4-6-25)10-15-12-28-7-8-29-13-15/h1-2,9,14-15,19H,3-8,10-13H2. The molecule has 158 valence electrons. The predicted molar refractivity (Wildman–Crippen MR) is 106 cm³/mol. The van der Waals surface area contributed by atoms with Crippen LogP contribution in [0.3, 0.4) is 0 Å². The number of nitrogens with zero attached hydrogens (tertiary/aromatic N) is 4. The molecule has 2 saturated heterocycles. The zero-order valence-electron chi connectivity index (χ0n) is 16.3. The first-order valence-electron chi connectivity index (χ1n) is 10.0. The third-order valence-corrected chi connectivity index (χ3v) is 5.48. The highest BCUT2D eigenvalue weighted by atomic mass is 19.3. The van der Waals surface area contributed by atoms with Crippen molar-refractivity contribution in [2.45, 2.75) is 13.0 Å². The van der Waals surface area contributed by atoms with Crippen LogP contribution >= 0.6 is 0 Å². The lowest BCUT2D eigenvalue weighted by atomic mass is 10.1. The van der Waals surface area contributed by atoms with Gasteiger partial charge in [0, 0.05) is 44.3 Å². The van der Waals surface area contributed by atoms with Crippen LogP contribution in [0.1, 0.15) is 0 Å². The highest BCUT2D eigenvalue weighted by Crippen LogP contribution is 2.21. The van der Waals surface area contributed by atoms with Gasteiger partial charge in [-0.1, -0.05) is 0 Å². The molecule has 3 heterocycles. The third kappa shape index (κ3) is 4.91. The van der Waals surface area contributed by atoms with Gasteiger partial charge in [0.15, 0.2) is 0 Å². The summed E-state index contributed by atoms with van der Waals surface area (Å²) in [6, 6.07) is 5.43. The molecule has 0 unspecified atom stereocenters. The molecule has 0 saturated carbocycles. The van der Waals surface area contributed by atoms with Crippen LogP contribution in [-0.4, -0.2) is 80.0 Å². The van der Waals surface area contributed by atoms with E-state index in [1.807, 2.05) is 12.1 Å². The molecule has 0 aliphatic carbocycles. The minimum Gasteiger partial charge on any atom is -0.379 e. The van der Waals surface area contributed by atoms with Gasteiger partial charge < -0.3 is 14.4 Å². The van der Waals surface area contributed by atoms with Crippen molar-refractivity contribution in [2.75, 3.05) is 64.1 Å². The summed E-state index contributed by atoms with van der Waals surface area (Å²) in [4.78, 5) is 21.3. The average Bonchev–Trinajstić information content (AvgIpc) is 2.99. The first-order chi connectivity index (χ1) is 14.1. The molecule has 2 aromatic rings. The van der Waals surface area contributed by atoms with E-state index in [4.69, 9.17) is 9.47 Å². The van der Waals surface area contributed by atoms with Gasteiger partial charge in [0.1, 0.15) is 0 Å². The van der Waals surface area contributed by atoms with Crippen molar-refractivity contribution in [3.05, 3.63) is 34.9 Å². The van der Waals surface area contributed by atoms with Crippen molar-refractivity contribution in [2.24, 2.45) is 5.92 Å². The second-order valence-corrected chi connectivity index (χ2v) is 7.60. The Bertz CT molecular complexity index is 876. The number of fused-ring (bicyclic) bond motifs is 1. The normalized spacial score (nSPS) is 19.8. The van der Waals surface area contributed by atoms with E-state index in [2.05, 4.69) is 14.8 Å². The first-order valence-corrected chi connectivity index (χ1v) is 10.0. The summed E-state index contributed by atoms with van der Waals surface area (Å²) in [6.45, 7) is 6.82. The fraction of sp³-hybridized carbons (Fsp3) is 0.600. The topological polar surface area (TPSA) is 59.8 Å². The maximum absolute atomic E-state index is 12.6. The minimum absolute atomic E-state index is 0.365. The Morgan fingerprint density at radius 1 is 1.10 bits per heavy atom. The van der Waals surface area contributed by atoms with Gasteiger partial charge in [-0.15, -0.1) is 0 Å². The molecule has 29 heavy (non-hydrogen) atoms. The van der Waals surface area contributed by atoms with Crippen LogP contribution in [0.25, 0.3) is 10.9 Å². The summed E-state index contributed by atoms with van der Waals surface area (Å²) in [5.41, 5.74) is 1.10. The van der Waals surface area contributed by atoms with Crippen LogP contribution < -0.4 is 10.5 Å². The maximum Gasteiger partial charge on any atom is 0.261 e. The SMILES string of the molecule is O=c1c2ccc(N3CCN(CC4COCCOC4)CC3)cc2ncn1CC(F)F. The highest BCUT2D eigenvalue weighted by molar-refractivity contribution is 5.81. The smallest absolute Gasteiger partial charge is 0.261 e. The molecule has 1 aromatic heterocycles. The van der Waals surface area contributed by atoms with E-state index in [9.17, 15) is 13.6 Å². The lowest BCUT2D eigenvalue weighted by molar-refractivity contribution is 0.102. The van der Waals surface area contributed by atoms with Crippen molar-refractivity contribution >= 4 is 16.6 Å². The number of hydrogen-bond acceptors (Lipinski definition) is 6. The van der Waals surface area contributed by atoms with E-state index in [1.54, 1.807) is 6.07 Å². The van der Waals surface area contributed by atoms with E-state index < -0.39 is 18.5 Å². The van der Waals surface area contributed by atoms with Crippen molar-refractivity contribution < 1.29 is 18.3 Å². The number of alkyl halides is 2. The fourth-order valence-corrected chi connectivity index (χ4v) is 3.95. The Morgan fingerprint density at radius 2 is 1.83 bits per heavy atom. The van der Waals surface area contributed by atoms with Gasteiger partial charge in [-0.05, 0) is 18.2 Å². The van der Waals surface area contributed by atoms with Crippen LogP contribution in [0.5, 0.6) is 0 Å². The number of rotatable bonds is 5. The number of anilines is 1. The highest BCUT2D eigenvalue weighted by Gasteiger charge is 2.22. The number of aromatic nitrogens is 2. The van der Waals surface area contributed by atoms with Gasteiger partial charge in [0.2, 0.25) is 0 Å². The summed E-state index contributed by atoms with van der Waals surface area (Å²) < 4.78 is 37.3. The van der Waals surface area contributed by atoms with E-state index in [0.717, 1.165) is 56.2 Å². The molecule has 2 fully saturated rings. The van der Waals surface area contributed by atoms with E-state index in [-0.39, 0.29) is 0 Å². The van der Waals surface area contributed by atoms with Crippen molar-refractivity contribution in [3.8, 4) is 0 Å². The number of halogens is 2. The van der Waals surface area contributed by atoms with Crippen molar-refractivity contribution in [1.29, 1.82) is 0 Å². The molecule has 2 aliphatic rings. The summed E-state index contributed by atoms with van der Waals surface area (Å²) in [7, 11) is 0. The molecular weight excluding hydrogens is 382 g/mol. The minimum atomic E-state index is -2.58. The molecule has 1 aromatic carbocycles. The van der Waals surface area contributed by atoms with Gasteiger partial charge in [-0.2, -0.15) is 0 Å². The molecule has 0 atom stereocenters. The van der Waals surface area contributed by atoms with E-state index in [0.29, 0.717) is 30.0 Å². The number of ether oxygens (including phenoxy) is 2. The Labute approximate surface area is 167 Å². The second-order valence-electron chi connectivity index (χ2n) is 7.60. The van der Waals surface area contributed by atoms with Gasteiger partial charge in [-0.25, -0.2) is 13.8 Å². The molecule has 0 amide bonds. The maximum atomic E-state index is 12.6. The Balaban J connectivity index is 1.39. The van der Waals surface area contributed by atoms with Crippen LogP contribution in [0.2, 0.25) is 0 Å². The lowest BCUT2D eigenvalue weighted by Crippen LogP contribution is -2.48. The quantitative estimate of drug-likeness (QED) is 0.747. The largest absolute Gasteiger partial charge is 0.379 e. The second kappa shape index (κ2) is 9.15. The fourth-order valence-electron chi connectivity index (χ4n) is 3.95. The molecule has 0 radical (unpaired) electrons. The Morgan fingerprint density at radius 3 is 2.52 bits per heavy atom. The van der Waals surface area contributed by atoms with Crippen molar-refractivity contribution in [1.82, 2.24) is 14.5 Å². The van der Waals surface area contributed by atoms with E-state index in [1.165, 1.54) is 6.33 Å². The molecule has 2 aliphatic heterocycles. The molecule has 0 bridgehead atoms. The monoisotopic (exact) mass is 408 g/mol. The summed E-state index contributed by atoms with van der Waals surface area (Å²) in [5, 5.41) is 0.365. The number of hydrogen-bond donors (Lipinski definition) is 0. The predicted octanol–water partition coefficient (Wildman–Crippen LogP) is 1.45. The zero-order chi connectivity index (χ0) is 20.2. The van der Waals surface area contributed by atoms with Crippen LogP contribution in [0, 0.1) is 5.92 Å². The Kier molecular flexibility index (Phi) is 6.37. The molecule has 4 rings (SSSR count). The summed E-state index contributed by atoms with van der Waals surface area (Å²) >= 11 is 0. The third-order valence-electron chi connectivity index (χ3n) is 5.48. The molecule has 0 N–H and O–H groups in total. The number of benzene rings is 1. The molecule has 7 nitrogen and oxygen atoms in total. The molecular formula is C20H26F2N4O3. The molecule has 9 heteroatoms. The van der Waals surface area contributed by atoms with Gasteiger partial charge in [0.05, 0.1) is 50.2 Å². The van der Waals surface area contributed by atoms with Crippen LogP contribution in [0.15, 0.2) is 29.3 Å². The zero-order valence-corrected chi connectivity index (χ0v) is 16.3. The Hall–Kier alpha value is -2.10. The van der Waals surface area contributed by atoms with Crippen molar-refractivity contribution in [3.63, 3.8) is 0 Å². The van der Waals surface area contributed by atoms with Gasteiger partial charge >= 0.3 is 0 Å².